The lowest BCUT2D eigenvalue weighted by atomic mass is 10.4. The molecule has 0 spiro atoms. The van der Waals surface area contributed by atoms with Crippen LogP contribution in [0.1, 0.15) is 6.42 Å². The molecule has 0 aliphatic carbocycles. The maximum absolute atomic E-state index is 11.5. The lowest BCUT2D eigenvalue weighted by Gasteiger charge is -2.01. The molecule has 0 aliphatic heterocycles. The number of thioether (sulfide) groups is 1. The summed E-state index contributed by atoms with van der Waals surface area (Å²) in [6.07, 6.45) is 0.471. The van der Waals surface area contributed by atoms with Crippen molar-refractivity contribution in [2.75, 3.05) is 11.1 Å². The number of hydrogen-bond donors (Lipinski definition) is 1. The number of aromatic nitrogens is 2. The van der Waals surface area contributed by atoms with Gasteiger partial charge in [0, 0.05) is 17.1 Å². The van der Waals surface area contributed by atoms with Gasteiger partial charge >= 0.3 is 0 Å². The van der Waals surface area contributed by atoms with Crippen molar-refractivity contribution >= 4 is 34.1 Å². The number of amides is 1. The molecule has 0 radical (unpaired) electrons. The third-order valence-electron chi connectivity index (χ3n) is 1.95. The zero-order valence-corrected chi connectivity index (χ0v) is 10.6. The number of nitrogens with zero attached hydrogens (tertiary/aromatic N) is 2. The Kier molecular flexibility index (Phi) is 4.52. The van der Waals surface area contributed by atoms with Crippen molar-refractivity contribution in [1.29, 1.82) is 0 Å². The third-order valence-corrected chi connectivity index (χ3v) is 3.57. The molecule has 2 rings (SSSR count). The molecule has 17 heavy (non-hydrogen) atoms. The molecular weight excluding hydrogens is 254 g/mol. The first-order chi connectivity index (χ1) is 8.34. The molecule has 1 N–H and O–H groups in total. The van der Waals surface area contributed by atoms with Gasteiger partial charge in [0.15, 0.2) is 0 Å². The van der Waals surface area contributed by atoms with Crippen LogP contribution in [0.2, 0.25) is 0 Å². The molecule has 2 aromatic rings. The summed E-state index contributed by atoms with van der Waals surface area (Å²) in [6.45, 7) is 0. The van der Waals surface area contributed by atoms with Crippen molar-refractivity contribution in [1.82, 2.24) is 10.2 Å². The van der Waals surface area contributed by atoms with Crippen LogP contribution in [0.3, 0.4) is 0 Å². The standard InChI is InChI=1S/C11H11N3OS2/c15-10(13-11-14-12-8-17-11)6-7-16-9-4-2-1-3-5-9/h1-5,8H,6-7H2,(H,13,14,15). The Labute approximate surface area is 107 Å². The first-order valence-corrected chi connectivity index (χ1v) is 6.95. The van der Waals surface area contributed by atoms with Crippen molar-refractivity contribution < 1.29 is 4.79 Å². The first-order valence-electron chi connectivity index (χ1n) is 5.08. The summed E-state index contributed by atoms with van der Waals surface area (Å²) < 4.78 is 0. The molecule has 1 heterocycles. The lowest BCUT2D eigenvalue weighted by Crippen LogP contribution is -2.11. The van der Waals surface area contributed by atoms with Gasteiger partial charge in [-0.05, 0) is 12.1 Å². The minimum absolute atomic E-state index is 0.0230. The van der Waals surface area contributed by atoms with Crippen molar-refractivity contribution in [3.8, 4) is 0 Å². The summed E-state index contributed by atoms with van der Waals surface area (Å²) in [5, 5.41) is 10.7. The van der Waals surface area contributed by atoms with Crippen molar-refractivity contribution in [3.63, 3.8) is 0 Å². The van der Waals surface area contributed by atoms with Crippen molar-refractivity contribution in [3.05, 3.63) is 35.8 Å². The molecule has 0 atom stereocenters. The van der Waals surface area contributed by atoms with Crippen LogP contribution in [0, 0.1) is 0 Å². The van der Waals surface area contributed by atoms with Crippen LogP contribution in [0.15, 0.2) is 40.7 Å². The van der Waals surface area contributed by atoms with E-state index in [-0.39, 0.29) is 5.91 Å². The van der Waals surface area contributed by atoms with Gasteiger partial charge in [-0.15, -0.1) is 22.0 Å². The van der Waals surface area contributed by atoms with Crippen LogP contribution in [0.5, 0.6) is 0 Å². The minimum Gasteiger partial charge on any atom is -0.301 e. The quantitative estimate of drug-likeness (QED) is 0.844. The number of nitrogens with one attached hydrogen (secondary N) is 1. The smallest absolute Gasteiger partial charge is 0.227 e. The van der Waals surface area contributed by atoms with Gasteiger partial charge in [0.1, 0.15) is 5.51 Å². The summed E-state index contributed by atoms with van der Waals surface area (Å²) in [7, 11) is 0. The summed E-state index contributed by atoms with van der Waals surface area (Å²) in [5.74, 6) is 0.736. The fourth-order valence-corrected chi connectivity index (χ4v) is 2.52. The minimum atomic E-state index is -0.0230. The summed E-state index contributed by atoms with van der Waals surface area (Å²) in [4.78, 5) is 12.7. The van der Waals surface area contributed by atoms with Crippen molar-refractivity contribution in [2.24, 2.45) is 0 Å². The van der Waals surface area contributed by atoms with Crippen LogP contribution in [-0.2, 0) is 4.79 Å². The van der Waals surface area contributed by atoms with Crippen molar-refractivity contribution in [2.45, 2.75) is 11.3 Å². The average molecular weight is 265 g/mol. The molecule has 0 bridgehead atoms. The molecule has 0 saturated heterocycles. The Balaban J connectivity index is 1.70. The number of hydrogen-bond acceptors (Lipinski definition) is 5. The summed E-state index contributed by atoms with van der Waals surface area (Å²) >= 11 is 2.99. The van der Waals surface area contributed by atoms with Gasteiger partial charge in [-0.1, -0.05) is 29.5 Å². The fourth-order valence-electron chi connectivity index (χ4n) is 1.19. The van der Waals surface area contributed by atoms with E-state index in [9.17, 15) is 4.79 Å². The highest BCUT2D eigenvalue weighted by molar-refractivity contribution is 7.99. The molecule has 1 amide bonds. The number of rotatable bonds is 5. The number of anilines is 1. The molecule has 88 valence electrons. The Hall–Kier alpha value is -1.40. The van der Waals surface area contributed by atoms with Crippen LogP contribution in [-0.4, -0.2) is 21.9 Å². The topological polar surface area (TPSA) is 54.9 Å². The Bertz CT molecular complexity index is 459. The highest BCUT2D eigenvalue weighted by Gasteiger charge is 2.04. The molecule has 1 aromatic carbocycles. The molecular formula is C11H11N3OS2. The number of carbonyl (C=O) groups is 1. The monoisotopic (exact) mass is 265 g/mol. The van der Waals surface area contributed by atoms with Gasteiger partial charge in [-0.2, -0.15) is 0 Å². The largest absolute Gasteiger partial charge is 0.301 e. The second-order valence-corrected chi connectivity index (χ2v) is 5.21. The van der Waals surface area contributed by atoms with E-state index in [2.05, 4.69) is 15.5 Å². The zero-order valence-electron chi connectivity index (χ0n) is 9.00. The van der Waals surface area contributed by atoms with Crippen LogP contribution >= 0.6 is 23.1 Å². The number of carbonyl (C=O) groups excluding carboxylic acids is 1. The van der Waals surface area contributed by atoms with E-state index in [0.29, 0.717) is 11.6 Å². The fraction of sp³-hybridized carbons (Fsp3) is 0.182. The molecule has 0 aliphatic rings. The maximum Gasteiger partial charge on any atom is 0.227 e. The SMILES string of the molecule is O=C(CCSc1ccccc1)Nc1nncs1. The number of benzene rings is 1. The highest BCUT2D eigenvalue weighted by Crippen LogP contribution is 2.18. The Morgan fingerprint density at radius 2 is 2.18 bits per heavy atom. The predicted octanol–water partition coefficient (Wildman–Crippen LogP) is 2.66. The van der Waals surface area contributed by atoms with Gasteiger partial charge < -0.3 is 5.32 Å². The van der Waals surface area contributed by atoms with Crippen LogP contribution in [0.25, 0.3) is 0 Å². The van der Waals surface area contributed by atoms with E-state index >= 15 is 0 Å². The second kappa shape index (κ2) is 6.36. The summed E-state index contributed by atoms with van der Waals surface area (Å²) in [5.41, 5.74) is 1.59. The predicted molar refractivity (Wildman–Crippen MR) is 70.3 cm³/mol. The van der Waals surface area contributed by atoms with Gasteiger partial charge in [0.25, 0.3) is 0 Å². The van der Waals surface area contributed by atoms with Gasteiger partial charge in [0.2, 0.25) is 11.0 Å². The highest BCUT2D eigenvalue weighted by atomic mass is 32.2. The van der Waals surface area contributed by atoms with E-state index in [1.807, 2.05) is 30.3 Å². The zero-order chi connectivity index (χ0) is 11.9. The Morgan fingerprint density at radius 1 is 1.35 bits per heavy atom. The Morgan fingerprint density at radius 3 is 2.88 bits per heavy atom. The van der Waals surface area contributed by atoms with Gasteiger partial charge in [-0.25, -0.2) is 0 Å². The van der Waals surface area contributed by atoms with E-state index in [0.717, 1.165) is 5.75 Å². The second-order valence-electron chi connectivity index (χ2n) is 3.20. The van der Waals surface area contributed by atoms with E-state index < -0.39 is 0 Å². The van der Waals surface area contributed by atoms with E-state index in [1.165, 1.54) is 16.2 Å². The third kappa shape index (κ3) is 4.16. The molecule has 0 fully saturated rings. The molecule has 0 saturated carbocycles. The summed E-state index contributed by atoms with van der Waals surface area (Å²) in [6, 6.07) is 10.0. The average Bonchev–Trinajstić information content (AvgIpc) is 2.83. The van der Waals surface area contributed by atoms with E-state index in [1.54, 1.807) is 17.3 Å². The molecule has 4 nitrogen and oxygen atoms in total. The van der Waals surface area contributed by atoms with E-state index in [4.69, 9.17) is 0 Å². The van der Waals surface area contributed by atoms with Crippen LogP contribution < -0.4 is 5.32 Å². The van der Waals surface area contributed by atoms with Crippen LogP contribution in [0.4, 0.5) is 5.13 Å². The lowest BCUT2D eigenvalue weighted by molar-refractivity contribution is -0.115. The molecule has 1 aromatic heterocycles. The molecule has 6 heteroatoms. The first kappa shape index (κ1) is 12.1. The van der Waals surface area contributed by atoms with Gasteiger partial charge in [0.05, 0.1) is 0 Å². The molecule has 0 unspecified atom stereocenters. The maximum atomic E-state index is 11.5. The van der Waals surface area contributed by atoms with Gasteiger partial charge in [-0.3, -0.25) is 4.79 Å². The normalized spacial score (nSPS) is 10.1.